The van der Waals surface area contributed by atoms with Crippen molar-refractivity contribution in [1.29, 1.82) is 0 Å². The van der Waals surface area contributed by atoms with E-state index in [0.717, 1.165) is 17.5 Å². The number of fused-ring (bicyclic) bond motifs is 1. The van der Waals surface area contributed by atoms with Crippen molar-refractivity contribution >= 4 is 11.0 Å². The minimum Gasteiger partial charge on any atom is -0.360 e. The van der Waals surface area contributed by atoms with E-state index in [9.17, 15) is 0 Å². The molecular formula is C9H9N2. The predicted octanol–water partition coefficient (Wildman–Crippen LogP) is 1.94. The van der Waals surface area contributed by atoms with Crippen molar-refractivity contribution in [2.75, 3.05) is 0 Å². The summed E-state index contributed by atoms with van der Waals surface area (Å²) in [7, 11) is 0. The van der Waals surface area contributed by atoms with E-state index in [4.69, 9.17) is 0 Å². The number of nitrogens with one attached hydrogen (secondary N) is 1. The Balaban J connectivity index is 2.67. The van der Waals surface area contributed by atoms with Gasteiger partial charge in [0.2, 0.25) is 0 Å². The molecular weight excluding hydrogens is 136 g/mol. The maximum absolute atomic E-state index is 4.24. The van der Waals surface area contributed by atoms with Gasteiger partial charge in [0.05, 0.1) is 11.0 Å². The average Bonchev–Trinajstić information content (AvgIpc) is 2.50. The maximum atomic E-state index is 4.24. The molecule has 0 aromatic carbocycles. The fourth-order valence-electron chi connectivity index (χ4n) is 1.11. The summed E-state index contributed by atoms with van der Waals surface area (Å²) in [4.78, 5) is 7.34. The summed E-state index contributed by atoms with van der Waals surface area (Å²) in [6, 6.07) is 4.04. The molecule has 0 aliphatic rings. The number of H-pyrrole nitrogens is 1. The lowest BCUT2D eigenvalue weighted by Crippen LogP contribution is -1.82. The minimum absolute atomic E-state index is 0.794. The molecule has 0 saturated carbocycles. The fourth-order valence-corrected chi connectivity index (χ4v) is 1.11. The predicted molar refractivity (Wildman–Crippen MR) is 45.2 cm³/mol. The molecule has 0 bridgehead atoms. The number of hydrogen-bond acceptors (Lipinski definition) is 1. The third-order valence-electron chi connectivity index (χ3n) is 1.74. The van der Waals surface area contributed by atoms with Gasteiger partial charge in [-0.3, -0.25) is 4.98 Å². The van der Waals surface area contributed by atoms with E-state index in [0.29, 0.717) is 0 Å². The molecule has 0 saturated heterocycles. The molecule has 55 valence electrons. The smallest absolute Gasteiger partial charge is 0.0878 e. The van der Waals surface area contributed by atoms with E-state index in [1.54, 1.807) is 0 Å². The quantitative estimate of drug-likeness (QED) is 0.652. The Bertz CT molecular complexity index is 362. The molecule has 2 heteroatoms. The van der Waals surface area contributed by atoms with Gasteiger partial charge in [-0.05, 0) is 31.0 Å². The molecule has 2 heterocycles. The Morgan fingerprint density at radius 2 is 2.45 bits per heavy atom. The molecule has 0 unspecified atom stereocenters. The van der Waals surface area contributed by atoms with E-state index in [1.165, 1.54) is 5.56 Å². The second-order valence-electron chi connectivity index (χ2n) is 2.50. The van der Waals surface area contributed by atoms with Crippen LogP contribution in [-0.2, 0) is 6.42 Å². The van der Waals surface area contributed by atoms with Crippen LogP contribution in [0.4, 0.5) is 0 Å². The Morgan fingerprint density at radius 1 is 1.55 bits per heavy atom. The van der Waals surface area contributed by atoms with Crippen LogP contribution in [0.2, 0.25) is 0 Å². The Labute approximate surface area is 65.3 Å². The van der Waals surface area contributed by atoms with Crippen LogP contribution in [0.1, 0.15) is 5.56 Å². The van der Waals surface area contributed by atoms with Gasteiger partial charge < -0.3 is 4.98 Å². The van der Waals surface area contributed by atoms with Crippen LogP contribution in [0.3, 0.4) is 0 Å². The number of pyridine rings is 1. The highest BCUT2D eigenvalue weighted by Crippen LogP contribution is 2.10. The Hall–Kier alpha value is -1.31. The van der Waals surface area contributed by atoms with Crippen molar-refractivity contribution in [3.8, 4) is 0 Å². The molecule has 0 spiro atoms. The van der Waals surface area contributed by atoms with Gasteiger partial charge in [-0.15, -0.1) is 0 Å². The van der Waals surface area contributed by atoms with Crippen molar-refractivity contribution < 1.29 is 0 Å². The van der Waals surface area contributed by atoms with Crippen LogP contribution in [0.5, 0.6) is 0 Å². The largest absolute Gasteiger partial charge is 0.360 e. The summed E-state index contributed by atoms with van der Waals surface area (Å²) >= 11 is 0. The molecule has 2 nitrogen and oxygen atoms in total. The highest BCUT2D eigenvalue weighted by atomic mass is 14.7. The van der Waals surface area contributed by atoms with Gasteiger partial charge in [0, 0.05) is 12.4 Å². The van der Waals surface area contributed by atoms with E-state index in [2.05, 4.69) is 23.0 Å². The molecule has 11 heavy (non-hydrogen) atoms. The van der Waals surface area contributed by atoms with Crippen LogP contribution in [-0.4, -0.2) is 9.97 Å². The molecule has 0 fully saturated rings. The van der Waals surface area contributed by atoms with E-state index in [-0.39, 0.29) is 0 Å². The number of aromatic amines is 1. The van der Waals surface area contributed by atoms with Crippen molar-refractivity contribution in [2.24, 2.45) is 0 Å². The zero-order valence-electron chi connectivity index (χ0n) is 6.17. The zero-order chi connectivity index (χ0) is 7.68. The lowest BCUT2D eigenvalue weighted by molar-refractivity contribution is 1.22. The molecule has 0 atom stereocenters. The molecule has 1 radical (unpaired) electrons. The Morgan fingerprint density at radius 3 is 3.27 bits per heavy atom. The van der Waals surface area contributed by atoms with Crippen LogP contribution in [0, 0.1) is 6.92 Å². The van der Waals surface area contributed by atoms with Crippen molar-refractivity contribution in [2.45, 2.75) is 6.42 Å². The first-order chi connectivity index (χ1) is 5.40. The van der Waals surface area contributed by atoms with Gasteiger partial charge >= 0.3 is 0 Å². The summed E-state index contributed by atoms with van der Waals surface area (Å²) in [5.41, 5.74) is 3.27. The molecule has 0 amide bonds. The molecule has 1 N–H and O–H groups in total. The highest BCUT2D eigenvalue weighted by Gasteiger charge is 1.95. The third kappa shape index (κ3) is 1.00. The monoisotopic (exact) mass is 145 g/mol. The summed E-state index contributed by atoms with van der Waals surface area (Å²) in [6.45, 7) is 3.79. The van der Waals surface area contributed by atoms with Gasteiger partial charge in [0.25, 0.3) is 0 Å². The van der Waals surface area contributed by atoms with Crippen molar-refractivity contribution in [3.63, 3.8) is 0 Å². The topological polar surface area (TPSA) is 28.7 Å². The molecule has 2 rings (SSSR count). The minimum atomic E-state index is 0.794. The third-order valence-corrected chi connectivity index (χ3v) is 1.74. The first-order valence-corrected chi connectivity index (χ1v) is 3.61. The first kappa shape index (κ1) is 6.40. The van der Waals surface area contributed by atoms with Gasteiger partial charge in [0.15, 0.2) is 0 Å². The average molecular weight is 145 g/mol. The van der Waals surface area contributed by atoms with Crippen LogP contribution >= 0.6 is 0 Å². The number of hydrogen-bond donors (Lipinski definition) is 1. The summed E-state index contributed by atoms with van der Waals surface area (Å²) in [6.07, 6.45) is 4.55. The van der Waals surface area contributed by atoms with Gasteiger partial charge in [-0.25, -0.2) is 0 Å². The second-order valence-corrected chi connectivity index (χ2v) is 2.50. The molecule has 0 aliphatic heterocycles. The normalized spacial score (nSPS) is 10.6. The first-order valence-electron chi connectivity index (χ1n) is 3.61. The summed E-state index contributed by atoms with van der Waals surface area (Å²) in [5.74, 6) is 0. The summed E-state index contributed by atoms with van der Waals surface area (Å²) in [5, 5.41) is 0. The Kier molecular flexibility index (Phi) is 1.39. The molecule has 2 aromatic rings. The zero-order valence-corrected chi connectivity index (χ0v) is 6.17. The fraction of sp³-hybridized carbons (Fsp3) is 0.111. The number of rotatable bonds is 1. The maximum Gasteiger partial charge on any atom is 0.0878 e. The van der Waals surface area contributed by atoms with Crippen LogP contribution in [0.25, 0.3) is 11.0 Å². The lowest BCUT2D eigenvalue weighted by atomic mass is 10.2. The number of aromatic nitrogens is 2. The van der Waals surface area contributed by atoms with Gasteiger partial charge in [-0.2, -0.15) is 0 Å². The molecule has 0 aliphatic carbocycles. The highest BCUT2D eigenvalue weighted by molar-refractivity contribution is 5.74. The van der Waals surface area contributed by atoms with E-state index in [1.807, 2.05) is 18.5 Å². The number of nitrogens with zero attached hydrogens (tertiary/aromatic N) is 1. The van der Waals surface area contributed by atoms with Crippen molar-refractivity contribution in [1.82, 2.24) is 9.97 Å². The SMILES string of the molecule is [CH2]Cc1cnc2cc[nH]c2c1. The molecule has 2 aromatic heterocycles. The van der Waals surface area contributed by atoms with E-state index >= 15 is 0 Å². The lowest BCUT2D eigenvalue weighted by Gasteiger charge is -1.93. The van der Waals surface area contributed by atoms with Crippen LogP contribution in [0.15, 0.2) is 24.5 Å². The van der Waals surface area contributed by atoms with Gasteiger partial charge in [-0.1, -0.05) is 0 Å². The van der Waals surface area contributed by atoms with Crippen LogP contribution < -0.4 is 0 Å². The second kappa shape index (κ2) is 2.38. The van der Waals surface area contributed by atoms with Crippen molar-refractivity contribution in [3.05, 3.63) is 37.0 Å². The summed E-state index contributed by atoms with van der Waals surface area (Å²) < 4.78 is 0. The van der Waals surface area contributed by atoms with Gasteiger partial charge in [0.1, 0.15) is 0 Å². The standard InChI is InChI=1S/C9H9N2/c1-2-7-5-9-8(11-6-7)3-4-10-9/h3-6,10H,1-2H2. The van der Waals surface area contributed by atoms with E-state index < -0.39 is 0 Å².